The van der Waals surface area contributed by atoms with E-state index in [0.29, 0.717) is 19.5 Å². The first-order chi connectivity index (χ1) is 9.36. The van der Waals surface area contributed by atoms with Gasteiger partial charge < -0.3 is 10.0 Å². The summed E-state index contributed by atoms with van der Waals surface area (Å²) in [6, 6.07) is 8.12. The predicted molar refractivity (Wildman–Crippen MR) is 74.9 cm³/mol. The zero-order chi connectivity index (χ0) is 14.8. The largest absolute Gasteiger partial charge is 0.386 e. The van der Waals surface area contributed by atoms with E-state index < -0.39 is 15.4 Å². The third-order valence-corrected chi connectivity index (χ3v) is 5.40. The Bertz CT molecular complexity index is 576. The van der Waals surface area contributed by atoms with Crippen LogP contribution in [0.15, 0.2) is 35.2 Å². The molecule has 0 bridgehead atoms. The molecule has 2 rings (SSSR count). The van der Waals surface area contributed by atoms with Crippen LogP contribution in [0.4, 0.5) is 0 Å². The molecule has 0 aromatic heterocycles. The summed E-state index contributed by atoms with van der Waals surface area (Å²) < 4.78 is 24.1. The lowest BCUT2D eigenvalue weighted by atomic mass is 9.91. The van der Waals surface area contributed by atoms with Crippen LogP contribution < -0.4 is 0 Å². The molecule has 0 atom stereocenters. The Morgan fingerprint density at radius 2 is 1.90 bits per heavy atom. The fraction of sp³-hybridized carbons (Fsp3) is 0.500. The topological polar surface area (TPSA) is 74.7 Å². The lowest BCUT2D eigenvalue weighted by Gasteiger charge is -2.46. The number of likely N-dealkylation sites (tertiary alicyclic amines) is 1. The molecular weight excluding hydrogens is 278 g/mol. The standard InChI is InChI=1S/C14H19NO4S/c1-2-14(17)10-15(11-14)13(16)8-9-20(18,19)12-6-4-3-5-7-12/h3-7,17H,2,8-11H2,1H3. The van der Waals surface area contributed by atoms with Gasteiger partial charge in [-0.1, -0.05) is 25.1 Å². The Kier molecular flexibility index (Phi) is 4.15. The maximum Gasteiger partial charge on any atom is 0.223 e. The molecule has 0 saturated carbocycles. The zero-order valence-electron chi connectivity index (χ0n) is 11.4. The quantitative estimate of drug-likeness (QED) is 0.873. The molecule has 1 aliphatic heterocycles. The van der Waals surface area contributed by atoms with Gasteiger partial charge in [-0.3, -0.25) is 4.79 Å². The lowest BCUT2D eigenvalue weighted by molar-refractivity contribution is -0.155. The van der Waals surface area contributed by atoms with Crippen molar-refractivity contribution >= 4 is 15.7 Å². The van der Waals surface area contributed by atoms with Gasteiger partial charge in [-0.25, -0.2) is 8.42 Å². The highest BCUT2D eigenvalue weighted by Gasteiger charge is 2.41. The summed E-state index contributed by atoms with van der Waals surface area (Å²) in [6.07, 6.45) is 0.552. The van der Waals surface area contributed by atoms with Crippen LogP contribution in [0.2, 0.25) is 0 Å². The van der Waals surface area contributed by atoms with Crippen molar-refractivity contribution in [1.29, 1.82) is 0 Å². The van der Waals surface area contributed by atoms with Crippen molar-refractivity contribution < 1.29 is 18.3 Å². The number of benzene rings is 1. The van der Waals surface area contributed by atoms with Gasteiger partial charge in [0.05, 0.1) is 29.3 Å². The van der Waals surface area contributed by atoms with Gasteiger partial charge in [-0.15, -0.1) is 0 Å². The highest BCUT2D eigenvalue weighted by atomic mass is 32.2. The van der Waals surface area contributed by atoms with E-state index in [1.54, 1.807) is 18.2 Å². The SMILES string of the molecule is CCC1(O)CN(C(=O)CCS(=O)(=O)c2ccccc2)C1. The van der Waals surface area contributed by atoms with Crippen LogP contribution in [0.1, 0.15) is 19.8 Å². The molecule has 1 saturated heterocycles. The summed E-state index contributed by atoms with van der Waals surface area (Å²) in [5.41, 5.74) is -0.784. The second-order valence-corrected chi connectivity index (χ2v) is 7.32. The Hall–Kier alpha value is -1.40. The number of rotatable bonds is 5. The van der Waals surface area contributed by atoms with Crippen molar-refractivity contribution in [2.45, 2.75) is 30.3 Å². The number of carbonyl (C=O) groups is 1. The lowest BCUT2D eigenvalue weighted by Crippen LogP contribution is -2.63. The first-order valence-electron chi connectivity index (χ1n) is 6.64. The van der Waals surface area contributed by atoms with Crippen LogP contribution in [-0.4, -0.2) is 48.8 Å². The van der Waals surface area contributed by atoms with Gasteiger partial charge in [0, 0.05) is 6.42 Å². The maximum atomic E-state index is 12.0. The Morgan fingerprint density at radius 1 is 1.30 bits per heavy atom. The van der Waals surface area contributed by atoms with E-state index >= 15 is 0 Å². The minimum absolute atomic E-state index is 0.0446. The van der Waals surface area contributed by atoms with E-state index in [-0.39, 0.29) is 23.0 Å². The Morgan fingerprint density at radius 3 is 2.45 bits per heavy atom. The molecule has 110 valence electrons. The van der Waals surface area contributed by atoms with Crippen molar-refractivity contribution in [2.24, 2.45) is 0 Å². The summed E-state index contributed by atoms with van der Waals surface area (Å²) in [5, 5.41) is 9.83. The molecule has 1 heterocycles. The minimum Gasteiger partial charge on any atom is -0.386 e. The number of sulfone groups is 1. The molecule has 1 amide bonds. The number of amides is 1. The summed E-state index contributed by atoms with van der Waals surface area (Å²) >= 11 is 0. The van der Waals surface area contributed by atoms with E-state index in [9.17, 15) is 18.3 Å². The number of hydrogen-bond acceptors (Lipinski definition) is 4. The van der Waals surface area contributed by atoms with E-state index in [1.807, 2.05) is 6.92 Å². The highest BCUT2D eigenvalue weighted by molar-refractivity contribution is 7.91. The normalized spacial score (nSPS) is 17.6. The van der Waals surface area contributed by atoms with Crippen LogP contribution in [0.3, 0.4) is 0 Å². The van der Waals surface area contributed by atoms with Crippen LogP contribution in [-0.2, 0) is 14.6 Å². The Labute approximate surface area is 119 Å². The number of aliphatic hydroxyl groups is 1. The van der Waals surface area contributed by atoms with Crippen LogP contribution in [0.5, 0.6) is 0 Å². The summed E-state index contributed by atoms with van der Waals surface area (Å²) in [4.78, 5) is 13.6. The van der Waals surface area contributed by atoms with Gasteiger partial charge in [-0.05, 0) is 18.6 Å². The molecule has 0 radical (unpaired) electrons. The monoisotopic (exact) mass is 297 g/mol. The van der Waals surface area contributed by atoms with Crippen LogP contribution in [0.25, 0.3) is 0 Å². The van der Waals surface area contributed by atoms with Crippen molar-refractivity contribution in [3.8, 4) is 0 Å². The van der Waals surface area contributed by atoms with E-state index in [4.69, 9.17) is 0 Å². The van der Waals surface area contributed by atoms with Crippen molar-refractivity contribution in [3.63, 3.8) is 0 Å². The highest BCUT2D eigenvalue weighted by Crippen LogP contribution is 2.24. The third-order valence-electron chi connectivity index (χ3n) is 3.67. The molecule has 0 unspecified atom stereocenters. The fourth-order valence-corrected chi connectivity index (χ4v) is 3.44. The van der Waals surface area contributed by atoms with Crippen LogP contribution in [0, 0.1) is 0 Å². The maximum absolute atomic E-state index is 12.0. The van der Waals surface area contributed by atoms with Gasteiger partial charge in [-0.2, -0.15) is 0 Å². The van der Waals surface area contributed by atoms with Crippen molar-refractivity contribution in [3.05, 3.63) is 30.3 Å². The number of hydrogen-bond donors (Lipinski definition) is 1. The van der Waals surface area contributed by atoms with E-state index in [1.165, 1.54) is 17.0 Å². The summed E-state index contributed by atoms with van der Waals surface area (Å²) in [5.74, 6) is -0.417. The molecule has 0 spiro atoms. The van der Waals surface area contributed by atoms with Crippen molar-refractivity contribution in [1.82, 2.24) is 4.90 Å². The second-order valence-electron chi connectivity index (χ2n) is 5.21. The van der Waals surface area contributed by atoms with E-state index in [2.05, 4.69) is 0 Å². The molecule has 20 heavy (non-hydrogen) atoms. The first kappa shape index (κ1) is 15.0. The molecule has 0 aliphatic carbocycles. The molecule has 1 aliphatic rings. The van der Waals surface area contributed by atoms with Gasteiger partial charge in [0.15, 0.2) is 9.84 Å². The van der Waals surface area contributed by atoms with Gasteiger partial charge in [0.2, 0.25) is 5.91 Å². The zero-order valence-corrected chi connectivity index (χ0v) is 12.3. The third kappa shape index (κ3) is 3.19. The predicted octanol–water partition coefficient (Wildman–Crippen LogP) is 0.834. The average molecular weight is 297 g/mol. The minimum atomic E-state index is -3.42. The van der Waals surface area contributed by atoms with E-state index in [0.717, 1.165) is 0 Å². The van der Waals surface area contributed by atoms with Crippen LogP contribution >= 0.6 is 0 Å². The first-order valence-corrected chi connectivity index (χ1v) is 8.29. The van der Waals surface area contributed by atoms with Gasteiger partial charge in [0.25, 0.3) is 0 Å². The fourth-order valence-electron chi connectivity index (χ4n) is 2.19. The number of carbonyl (C=O) groups excluding carboxylic acids is 1. The Balaban J connectivity index is 1.89. The molecular formula is C14H19NO4S. The summed E-state index contributed by atoms with van der Waals surface area (Å²) in [7, 11) is -3.42. The smallest absolute Gasteiger partial charge is 0.223 e. The molecule has 1 aromatic rings. The molecule has 5 nitrogen and oxygen atoms in total. The molecule has 1 aromatic carbocycles. The van der Waals surface area contributed by atoms with Crippen molar-refractivity contribution in [2.75, 3.05) is 18.8 Å². The molecule has 1 fully saturated rings. The number of β-amino-alcohol motifs (C(OH)–C–C–N with tert-alkyl or cyclic N) is 1. The summed E-state index contributed by atoms with van der Waals surface area (Å²) in [6.45, 7) is 2.46. The average Bonchev–Trinajstić information content (AvgIpc) is 2.42. The van der Waals surface area contributed by atoms with Gasteiger partial charge in [0.1, 0.15) is 0 Å². The second kappa shape index (κ2) is 5.54. The molecule has 1 N–H and O–H groups in total. The molecule has 6 heteroatoms. The number of nitrogens with zero attached hydrogens (tertiary/aromatic N) is 1. The van der Waals surface area contributed by atoms with Gasteiger partial charge >= 0.3 is 0 Å².